The Hall–Kier alpha value is -1.64. The van der Waals surface area contributed by atoms with Crippen LogP contribution in [0.4, 0.5) is 0 Å². The third kappa shape index (κ3) is 4.44. The Morgan fingerprint density at radius 1 is 1.22 bits per heavy atom. The number of rotatable bonds is 5. The molecule has 3 rings (SSSR count). The number of amides is 1. The van der Waals surface area contributed by atoms with Crippen molar-refractivity contribution < 1.29 is 22.7 Å². The van der Waals surface area contributed by atoms with E-state index in [-0.39, 0.29) is 22.4 Å². The Kier molecular flexibility index (Phi) is 6.39. The molecule has 0 bridgehead atoms. The average Bonchev–Trinajstić information content (AvgIpc) is 2.69. The summed E-state index contributed by atoms with van der Waals surface area (Å²) in [5, 5.41) is 3.07. The van der Waals surface area contributed by atoms with Crippen molar-refractivity contribution in [1.82, 2.24) is 9.62 Å². The van der Waals surface area contributed by atoms with Crippen molar-refractivity contribution in [3.05, 3.63) is 23.8 Å². The summed E-state index contributed by atoms with van der Waals surface area (Å²) in [5.41, 5.74) is 0.254. The highest BCUT2D eigenvalue weighted by Gasteiger charge is 2.29. The highest BCUT2D eigenvalue weighted by Crippen LogP contribution is 2.27. The molecule has 7 nitrogen and oxygen atoms in total. The topological polar surface area (TPSA) is 84.9 Å². The number of ether oxygens (including phenoxy) is 2. The van der Waals surface area contributed by atoms with Gasteiger partial charge in [-0.2, -0.15) is 4.31 Å². The summed E-state index contributed by atoms with van der Waals surface area (Å²) in [6.07, 6.45) is 4.32. The number of nitrogens with zero attached hydrogens (tertiary/aromatic N) is 1. The maximum Gasteiger partial charge on any atom is 0.255 e. The minimum atomic E-state index is -3.67. The Bertz CT molecular complexity index is 774. The minimum Gasteiger partial charge on any atom is -0.496 e. The van der Waals surface area contributed by atoms with Crippen LogP contribution in [0.2, 0.25) is 0 Å². The van der Waals surface area contributed by atoms with Gasteiger partial charge in [-0.05, 0) is 37.0 Å². The standard InChI is InChI=1S/C19H28N2O5S/c1-14-5-3-4-6-17(14)20-19(22)16-13-15(7-8-18(16)25-2)27(23,24)21-9-11-26-12-10-21/h7-8,13-14,17H,3-6,9-12H2,1-2H3,(H,20,22). The molecule has 1 amide bonds. The van der Waals surface area contributed by atoms with E-state index < -0.39 is 10.0 Å². The zero-order valence-corrected chi connectivity index (χ0v) is 16.8. The van der Waals surface area contributed by atoms with Gasteiger partial charge in [-0.25, -0.2) is 8.42 Å². The van der Waals surface area contributed by atoms with Crippen LogP contribution in [-0.4, -0.2) is 58.1 Å². The molecule has 2 fully saturated rings. The smallest absolute Gasteiger partial charge is 0.255 e. The fraction of sp³-hybridized carbons (Fsp3) is 0.632. The van der Waals surface area contributed by atoms with Gasteiger partial charge in [-0.1, -0.05) is 19.8 Å². The molecule has 2 atom stereocenters. The van der Waals surface area contributed by atoms with Gasteiger partial charge in [0.2, 0.25) is 10.0 Å². The Labute approximate surface area is 161 Å². The summed E-state index contributed by atoms with van der Waals surface area (Å²) in [5.74, 6) is 0.496. The normalized spacial score (nSPS) is 24.4. The van der Waals surface area contributed by atoms with E-state index in [0.29, 0.717) is 38.0 Å². The highest BCUT2D eigenvalue weighted by molar-refractivity contribution is 7.89. The molecular formula is C19H28N2O5S. The van der Waals surface area contributed by atoms with E-state index in [4.69, 9.17) is 9.47 Å². The second-order valence-corrected chi connectivity index (χ2v) is 9.16. The van der Waals surface area contributed by atoms with Crippen LogP contribution in [-0.2, 0) is 14.8 Å². The lowest BCUT2D eigenvalue weighted by atomic mass is 9.86. The number of carbonyl (C=O) groups is 1. The molecule has 8 heteroatoms. The number of nitrogens with one attached hydrogen (secondary N) is 1. The average molecular weight is 397 g/mol. The summed E-state index contributed by atoms with van der Waals surface area (Å²) in [7, 11) is -2.19. The van der Waals surface area contributed by atoms with E-state index in [1.54, 1.807) is 6.07 Å². The lowest BCUT2D eigenvalue weighted by Crippen LogP contribution is -2.41. The third-order valence-corrected chi connectivity index (χ3v) is 7.35. The fourth-order valence-electron chi connectivity index (χ4n) is 3.74. The zero-order chi connectivity index (χ0) is 19.4. The fourth-order valence-corrected chi connectivity index (χ4v) is 5.17. The summed E-state index contributed by atoms with van der Waals surface area (Å²) >= 11 is 0. The molecule has 1 saturated carbocycles. The lowest BCUT2D eigenvalue weighted by Gasteiger charge is -2.30. The molecule has 1 aliphatic carbocycles. The molecule has 2 aliphatic rings. The third-order valence-electron chi connectivity index (χ3n) is 5.45. The van der Waals surface area contributed by atoms with E-state index in [1.807, 2.05) is 0 Å². The first-order valence-corrected chi connectivity index (χ1v) is 10.9. The number of hydrogen-bond donors (Lipinski definition) is 1. The van der Waals surface area contributed by atoms with E-state index in [2.05, 4.69) is 12.2 Å². The van der Waals surface area contributed by atoms with Crippen molar-refractivity contribution in [2.45, 2.75) is 43.5 Å². The van der Waals surface area contributed by atoms with E-state index >= 15 is 0 Å². The first kappa shape index (κ1) is 20.1. The number of morpholine rings is 1. The van der Waals surface area contributed by atoms with Gasteiger partial charge in [0.05, 0.1) is 30.8 Å². The maximum atomic E-state index is 12.9. The second-order valence-electron chi connectivity index (χ2n) is 7.22. The van der Waals surface area contributed by atoms with E-state index in [0.717, 1.165) is 19.3 Å². The number of sulfonamides is 1. The molecule has 1 aromatic rings. The molecule has 2 unspecified atom stereocenters. The van der Waals surface area contributed by atoms with Crippen LogP contribution in [0.3, 0.4) is 0 Å². The molecule has 0 radical (unpaired) electrons. The highest BCUT2D eigenvalue weighted by atomic mass is 32.2. The second kappa shape index (κ2) is 8.58. The summed E-state index contributed by atoms with van der Waals surface area (Å²) in [6, 6.07) is 4.57. The SMILES string of the molecule is COc1ccc(S(=O)(=O)N2CCOCC2)cc1C(=O)NC1CCCCC1C. The molecule has 1 saturated heterocycles. The van der Waals surface area contributed by atoms with Crippen LogP contribution in [0.1, 0.15) is 43.0 Å². The number of methoxy groups -OCH3 is 1. The van der Waals surface area contributed by atoms with Crippen LogP contribution in [0.25, 0.3) is 0 Å². The molecule has 1 N–H and O–H groups in total. The van der Waals surface area contributed by atoms with Gasteiger partial charge in [0, 0.05) is 19.1 Å². The van der Waals surface area contributed by atoms with Gasteiger partial charge in [0.15, 0.2) is 0 Å². The molecule has 1 aromatic carbocycles. The minimum absolute atomic E-state index is 0.104. The Balaban J connectivity index is 1.85. The van der Waals surface area contributed by atoms with E-state index in [9.17, 15) is 13.2 Å². The monoisotopic (exact) mass is 396 g/mol. The van der Waals surface area contributed by atoms with Crippen molar-refractivity contribution in [1.29, 1.82) is 0 Å². The summed E-state index contributed by atoms with van der Waals surface area (Å²) in [4.78, 5) is 13.0. The van der Waals surface area contributed by atoms with E-state index in [1.165, 1.54) is 30.0 Å². The van der Waals surface area contributed by atoms with Crippen LogP contribution in [0.15, 0.2) is 23.1 Å². The van der Waals surface area contributed by atoms with Gasteiger partial charge in [-0.3, -0.25) is 4.79 Å². The van der Waals surface area contributed by atoms with Crippen LogP contribution in [0, 0.1) is 5.92 Å². The molecular weight excluding hydrogens is 368 g/mol. The first-order valence-electron chi connectivity index (χ1n) is 9.50. The summed E-state index contributed by atoms with van der Waals surface area (Å²) in [6.45, 7) is 3.52. The molecule has 1 heterocycles. The van der Waals surface area contributed by atoms with Gasteiger partial charge < -0.3 is 14.8 Å². The number of carbonyl (C=O) groups excluding carboxylic acids is 1. The van der Waals surface area contributed by atoms with Crippen molar-refractivity contribution in [3.8, 4) is 5.75 Å². The number of hydrogen-bond acceptors (Lipinski definition) is 5. The maximum absolute atomic E-state index is 12.9. The van der Waals surface area contributed by atoms with Gasteiger partial charge in [0.1, 0.15) is 5.75 Å². The van der Waals surface area contributed by atoms with Gasteiger partial charge in [0.25, 0.3) is 5.91 Å². The van der Waals surface area contributed by atoms with Crippen LogP contribution < -0.4 is 10.1 Å². The van der Waals surface area contributed by atoms with Gasteiger partial charge in [-0.15, -0.1) is 0 Å². The summed E-state index contributed by atoms with van der Waals surface area (Å²) < 4.78 is 37.7. The van der Waals surface area contributed by atoms with Crippen LogP contribution in [0.5, 0.6) is 5.75 Å². The Morgan fingerprint density at radius 2 is 1.93 bits per heavy atom. The van der Waals surface area contributed by atoms with Crippen LogP contribution >= 0.6 is 0 Å². The molecule has 1 aliphatic heterocycles. The molecule has 150 valence electrons. The van der Waals surface area contributed by atoms with Gasteiger partial charge >= 0.3 is 0 Å². The first-order chi connectivity index (χ1) is 12.9. The quantitative estimate of drug-likeness (QED) is 0.823. The predicted octanol–water partition coefficient (Wildman–Crippen LogP) is 2.02. The predicted molar refractivity (Wildman–Crippen MR) is 101 cm³/mol. The zero-order valence-electron chi connectivity index (χ0n) is 15.9. The Morgan fingerprint density at radius 3 is 2.59 bits per heavy atom. The van der Waals surface area contributed by atoms with Crippen molar-refractivity contribution in [3.63, 3.8) is 0 Å². The van der Waals surface area contributed by atoms with Crippen molar-refractivity contribution >= 4 is 15.9 Å². The van der Waals surface area contributed by atoms with Crippen molar-refractivity contribution in [2.24, 2.45) is 5.92 Å². The molecule has 27 heavy (non-hydrogen) atoms. The molecule has 0 spiro atoms. The molecule has 0 aromatic heterocycles. The van der Waals surface area contributed by atoms with Crippen molar-refractivity contribution in [2.75, 3.05) is 33.4 Å². The number of benzene rings is 1. The lowest BCUT2D eigenvalue weighted by molar-refractivity contribution is 0.0730. The largest absolute Gasteiger partial charge is 0.496 e.